The van der Waals surface area contributed by atoms with E-state index in [0.29, 0.717) is 0 Å². The van der Waals surface area contributed by atoms with Crippen LogP contribution in [0, 0.1) is 5.82 Å². The number of alkyl halides is 3. The number of nitrogen functional groups attached to an aromatic ring is 1. The Balaban J connectivity index is 2.29. The number of anilines is 1. The van der Waals surface area contributed by atoms with Crippen LogP contribution in [0.1, 0.15) is 5.56 Å². The van der Waals surface area contributed by atoms with E-state index in [-0.39, 0.29) is 17.3 Å². The highest BCUT2D eigenvalue weighted by Gasteiger charge is 2.31. The van der Waals surface area contributed by atoms with Gasteiger partial charge < -0.3 is 10.5 Å². The molecule has 19 heavy (non-hydrogen) atoms. The summed E-state index contributed by atoms with van der Waals surface area (Å²) in [5, 5.41) is 0. The van der Waals surface area contributed by atoms with Crippen LogP contribution in [0.15, 0.2) is 36.5 Å². The molecular formula is C12H8F4N2O. The molecule has 0 atom stereocenters. The van der Waals surface area contributed by atoms with Crippen LogP contribution < -0.4 is 10.5 Å². The van der Waals surface area contributed by atoms with E-state index in [4.69, 9.17) is 10.5 Å². The summed E-state index contributed by atoms with van der Waals surface area (Å²) in [7, 11) is 0. The summed E-state index contributed by atoms with van der Waals surface area (Å²) in [6.07, 6.45) is -3.52. The predicted octanol–water partition coefficient (Wildman–Crippen LogP) is 3.61. The van der Waals surface area contributed by atoms with Gasteiger partial charge in [0.15, 0.2) is 5.75 Å². The van der Waals surface area contributed by atoms with Crippen molar-refractivity contribution in [3.8, 4) is 11.6 Å². The lowest BCUT2D eigenvalue weighted by atomic mass is 10.2. The number of hydrogen-bond donors (Lipinski definition) is 1. The Kier molecular flexibility index (Phi) is 3.28. The van der Waals surface area contributed by atoms with Gasteiger partial charge in [-0.15, -0.1) is 0 Å². The van der Waals surface area contributed by atoms with Crippen molar-refractivity contribution in [3.63, 3.8) is 0 Å². The Morgan fingerprint density at radius 1 is 1.11 bits per heavy atom. The number of nitrogens with zero attached hydrogens (tertiary/aromatic N) is 1. The minimum Gasteiger partial charge on any atom is -0.437 e. The van der Waals surface area contributed by atoms with Crippen LogP contribution in [0.25, 0.3) is 0 Å². The third-order valence-electron chi connectivity index (χ3n) is 2.25. The van der Waals surface area contributed by atoms with Crippen molar-refractivity contribution in [1.82, 2.24) is 4.98 Å². The standard InChI is InChI=1S/C12H8F4N2O/c13-8-1-2-10(9(17)6-8)19-11-5-7(3-4-18-11)12(14,15)16/h1-6H,17H2. The second kappa shape index (κ2) is 4.75. The minimum absolute atomic E-state index is 0.0285. The zero-order valence-electron chi connectivity index (χ0n) is 9.41. The molecule has 0 aliphatic rings. The lowest BCUT2D eigenvalue weighted by molar-refractivity contribution is -0.137. The molecule has 0 saturated carbocycles. The number of rotatable bonds is 2. The average molecular weight is 272 g/mol. The summed E-state index contributed by atoms with van der Waals surface area (Å²) in [6.45, 7) is 0. The van der Waals surface area contributed by atoms with Gasteiger partial charge in [-0.25, -0.2) is 9.37 Å². The van der Waals surface area contributed by atoms with Gasteiger partial charge in [-0.2, -0.15) is 13.2 Å². The zero-order valence-corrected chi connectivity index (χ0v) is 9.41. The van der Waals surface area contributed by atoms with E-state index in [0.717, 1.165) is 30.5 Å². The topological polar surface area (TPSA) is 48.1 Å². The average Bonchev–Trinajstić information content (AvgIpc) is 2.32. The molecule has 0 spiro atoms. The van der Waals surface area contributed by atoms with Crippen molar-refractivity contribution in [2.75, 3.05) is 5.73 Å². The number of nitrogens with two attached hydrogens (primary N) is 1. The summed E-state index contributed by atoms with van der Waals surface area (Å²) in [5.74, 6) is -0.803. The molecule has 0 aliphatic carbocycles. The fourth-order valence-corrected chi connectivity index (χ4v) is 1.37. The molecule has 0 fully saturated rings. The van der Waals surface area contributed by atoms with Gasteiger partial charge in [0.1, 0.15) is 5.82 Å². The number of hydrogen-bond acceptors (Lipinski definition) is 3. The van der Waals surface area contributed by atoms with Gasteiger partial charge in [-0.05, 0) is 18.2 Å². The third-order valence-corrected chi connectivity index (χ3v) is 2.25. The van der Waals surface area contributed by atoms with Crippen LogP contribution in [0.4, 0.5) is 23.2 Å². The molecular weight excluding hydrogens is 264 g/mol. The quantitative estimate of drug-likeness (QED) is 0.671. The Labute approximate surface area is 105 Å². The van der Waals surface area contributed by atoms with Gasteiger partial charge in [0.05, 0.1) is 11.3 Å². The molecule has 0 amide bonds. The Morgan fingerprint density at radius 2 is 1.84 bits per heavy atom. The molecule has 2 aromatic rings. The van der Waals surface area contributed by atoms with Gasteiger partial charge in [0.25, 0.3) is 0 Å². The van der Waals surface area contributed by atoms with E-state index in [1.165, 1.54) is 6.07 Å². The lowest BCUT2D eigenvalue weighted by Gasteiger charge is -2.10. The molecule has 0 bridgehead atoms. The van der Waals surface area contributed by atoms with Crippen LogP contribution in [0.2, 0.25) is 0 Å². The molecule has 0 aliphatic heterocycles. The fourth-order valence-electron chi connectivity index (χ4n) is 1.37. The first-order valence-corrected chi connectivity index (χ1v) is 5.12. The smallest absolute Gasteiger partial charge is 0.416 e. The zero-order chi connectivity index (χ0) is 14.0. The molecule has 100 valence electrons. The van der Waals surface area contributed by atoms with Crippen molar-refractivity contribution < 1.29 is 22.3 Å². The van der Waals surface area contributed by atoms with Gasteiger partial charge in [-0.3, -0.25) is 0 Å². The molecule has 2 rings (SSSR count). The van der Waals surface area contributed by atoms with E-state index < -0.39 is 17.6 Å². The van der Waals surface area contributed by atoms with E-state index in [2.05, 4.69) is 4.98 Å². The summed E-state index contributed by atoms with van der Waals surface area (Å²) in [4.78, 5) is 3.64. The number of pyridine rings is 1. The van der Waals surface area contributed by atoms with Crippen LogP contribution in [-0.2, 0) is 6.18 Å². The molecule has 0 radical (unpaired) electrons. The first-order valence-electron chi connectivity index (χ1n) is 5.12. The van der Waals surface area contributed by atoms with Crippen molar-refractivity contribution in [1.29, 1.82) is 0 Å². The first-order chi connectivity index (χ1) is 8.86. The summed E-state index contributed by atoms with van der Waals surface area (Å²) in [5.41, 5.74) is 4.56. The van der Waals surface area contributed by atoms with Crippen LogP contribution in [0.5, 0.6) is 11.6 Å². The van der Waals surface area contributed by atoms with E-state index in [9.17, 15) is 17.6 Å². The highest BCUT2D eigenvalue weighted by molar-refractivity contribution is 5.53. The second-order valence-corrected chi connectivity index (χ2v) is 3.66. The molecule has 1 aromatic carbocycles. The molecule has 1 heterocycles. The largest absolute Gasteiger partial charge is 0.437 e. The molecule has 0 saturated heterocycles. The Hall–Kier alpha value is -2.31. The fraction of sp³-hybridized carbons (Fsp3) is 0.0833. The van der Waals surface area contributed by atoms with Crippen molar-refractivity contribution in [2.45, 2.75) is 6.18 Å². The maximum absolute atomic E-state index is 12.8. The number of benzene rings is 1. The molecule has 0 unspecified atom stereocenters. The molecule has 1 aromatic heterocycles. The third kappa shape index (κ3) is 3.12. The number of aromatic nitrogens is 1. The van der Waals surface area contributed by atoms with Crippen LogP contribution in [0.3, 0.4) is 0 Å². The van der Waals surface area contributed by atoms with Crippen LogP contribution >= 0.6 is 0 Å². The number of halogens is 4. The van der Waals surface area contributed by atoms with E-state index in [1.807, 2.05) is 0 Å². The van der Waals surface area contributed by atoms with Crippen molar-refractivity contribution in [3.05, 3.63) is 47.9 Å². The van der Waals surface area contributed by atoms with Crippen LogP contribution in [-0.4, -0.2) is 4.98 Å². The highest BCUT2D eigenvalue weighted by Crippen LogP contribution is 2.32. The molecule has 2 N–H and O–H groups in total. The summed E-state index contributed by atoms with van der Waals surface area (Å²) < 4.78 is 55.3. The number of ether oxygens (including phenoxy) is 1. The normalized spacial score (nSPS) is 11.4. The maximum atomic E-state index is 12.8. The van der Waals surface area contributed by atoms with Gasteiger partial charge >= 0.3 is 6.18 Å². The van der Waals surface area contributed by atoms with Crippen molar-refractivity contribution in [2.24, 2.45) is 0 Å². The minimum atomic E-state index is -4.49. The molecule has 3 nitrogen and oxygen atoms in total. The van der Waals surface area contributed by atoms with Gasteiger partial charge in [0, 0.05) is 18.3 Å². The van der Waals surface area contributed by atoms with Gasteiger partial charge in [-0.1, -0.05) is 0 Å². The lowest BCUT2D eigenvalue weighted by Crippen LogP contribution is -2.05. The van der Waals surface area contributed by atoms with E-state index in [1.54, 1.807) is 0 Å². The monoisotopic (exact) mass is 272 g/mol. The Bertz CT molecular complexity index is 599. The van der Waals surface area contributed by atoms with E-state index >= 15 is 0 Å². The van der Waals surface area contributed by atoms with Gasteiger partial charge in [0.2, 0.25) is 5.88 Å². The summed E-state index contributed by atoms with van der Waals surface area (Å²) >= 11 is 0. The summed E-state index contributed by atoms with van der Waals surface area (Å²) in [6, 6.07) is 4.86. The highest BCUT2D eigenvalue weighted by atomic mass is 19.4. The second-order valence-electron chi connectivity index (χ2n) is 3.66. The maximum Gasteiger partial charge on any atom is 0.416 e. The van der Waals surface area contributed by atoms with Crippen molar-refractivity contribution >= 4 is 5.69 Å². The SMILES string of the molecule is Nc1cc(F)ccc1Oc1cc(C(F)(F)F)ccn1. The predicted molar refractivity (Wildman–Crippen MR) is 60.1 cm³/mol. The molecule has 7 heteroatoms. The Morgan fingerprint density at radius 3 is 2.47 bits per heavy atom. The first kappa shape index (κ1) is 13.1.